The molecular formula is C16H17FINO3. The summed E-state index contributed by atoms with van der Waals surface area (Å²) in [6.45, 7) is 3.14. The Kier molecular flexibility index (Phi) is 5.96. The number of hydrogen-bond acceptors (Lipinski definition) is 3. The molecule has 2 rings (SSSR count). The van der Waals surface area contributed by atoms with Gasteiger partial charge in [0.25, 0.3) is 5.56 Å². The predicted octanol–water partition coefficient (Wildman–Crippen LogP) is 3.30. The Hall–Kier alpha value is -1.41. The van der Waals surface area contributed by atoms with Gasteiger partial charge < -0.3 is 14.0 Å². The quantitative estimate of drug-likeness (QED) is 0.535. The number of aromatic nitrogens is 1. The molecule has 0 spiro atoms. The monoisotopic (exact) mass is 417 g/mol. The Labute approximate surface area is 142 Å². The Morgan fingerprint density at radius 2 is 2.00 bits per heavy atom. The average molecular weight is 417 g/mol. The highest BCUT2D eigenvalue weighted by atomic mass is 127. The molecule has 0 aliphatic rings. The van der Waals surface area contributed by atoms with E-state index in [-0.39, 0.29) is 5.56 Å². The van der Waals surface area contributed by atoms with Crippen molar-refractivity contribution in [2.45, 2.75) is 13.5 Å². The topological polar surface area (TPSA) is 40.5 Å². The molecule has 1 aromatic heterocycles. The van der Waals surface area contributed by atoms with Crippen molar-refractivity contribution < 1.29 is 13.9 Å². The molecule has 0 fully saturated rings. The minimum absolute atomic E-state index is 0.111. The van der Waals surface area contributed by atoms with E-state index in [1.54, 1.807) is 35.9 Å². The van der Waals surface area contributed by atoms with Crippen LogP contribution in [0.4, 0.5) is 4.39 Å². The van der Waals surface area contributed by atoms with Crippen LogP contribution in [0, 0.1) is 9.39 Å². The van der Waals surface area contributed by atoms with E-state index in [9.17, 15) is 9.18 Å². The lowest BCUT2D eigenvalue weighted by molar-refractivity contribution is 0.146. The van der Waals surface area contributed by atoms with E-state index in [1.807, 2.05) is 29.5 Å². The molecule has 0 amide bonds. The van der Waals surface area contributed by atoms with Crippen molar-refractivity contribution in [3.8, 4) is 17.0 Å². The van der Waals surface area contributed by atoms with Gasteiger partial charge in [0.15, 0.2) is 0 Å². The van der Waals surface area contributed by atoms with Crippen LogP contribution in [0.15, 0.2) is 35.1 Å². The molecule has 0 saturated carbocycles. The third-order valence-corrected chi connectivity index (χ3v) is 4.04. The van der Waals surface area contributed by atoms with E-state index in [2.05, 4.69) is 0 Å². The van der Waals surface area contributed by atoms with Gasteiger partial charge in [-0.05, 0) is 53.8 Å². The second kappa shape index (κ2) is 7.73. The molecular weight excluding hydrogens is 400 g/mol. The van der Waals surface area contributed by atoms with Crippen LogP contribution in [0.25, 0.3) is 11.3 Å². The first-order valence-corrected chi connectivity index (χ1v) is 7.97. The van der Waals surface area contributed by atoms with Gasteiger partial charge in [0.1, 0.15) is 18.2 Å². The molecule has 0 radical (unpaired) electrons. The fourth-order valence-corrected chi connectivity index (χ4v) is 2.61. The molecule has 2 aromatic rings. The molecule has 0 aliphatic heterocycles. The van der Waals surface area contributed by atoms with Crippen molar-refractivity contribution in [1.29, 1.82) is 0 Å². The van der Waals surface area contributed by atoms with Gasteiger partial charge in [-0.25, -0.2) is 4.39 Å². The number of hydrogen-bond donors (Lipinski definition) is 0. The predicted molar refractivity (Wildman–Crippen MR) is 91.9 cm³/mol. The first kappa shape index (κ1) is 17.0. The molecule has 6 heteroatoms. The van der Waals surface area contributed by atoms with Crippen molar-refractivity contribution in [2.24, 2.45) is 0 Å². The SMILES string of the molecule is CCn1c(-c2ccc(OCCOC)cc2F)ccc(I)c1=O. The van der Waals surface area contributed by atoms with Crippen molar-refractivity contribution in [3.63, 3.8) is 0 Å². The van der Waals surface area contributed by atoms with Gasteiger partial charge in [-0.1, -0.05) is 0 Å². The maximum atomic E-state index is 14.4. The standard InChI is InChI=1S/C16H17FINO3/c1-3-19-15(7-6-14(18)16(19)20)12-5-4-11(10-13(12)17)22-9-8-21-2/h4-7,10H,3,8-9H2,1-2H3. The first-order chi connectivity index (χ1) is 10.6. The van der Waals surface area contributed by atoms with Crippen LogP contribution in [0.2, 0.25) is 0 Å². The molecule has 1 heterocycles. The third kappa shape index (κ3) is 3.67. The Balaban J connectivity index is 2.38. The molecule has 118 valence electrons. The van der Waals surface area contributed by atoms with Gasteiger partial charge in [0.2, 0.25) is 0 Å². The fraction of sp³-hybridized carbons (Fsp3) is 0.312. The summed E-state index contributed by atoms with van der Waals surface area (Å²) in [5.41, 5.74) is 0.837. The van der Waals surface area contributed by atoms with Gasteiger partial charge in [-0.15, -0.1) is 0 Å². The summed E-state index contributed by atoms with van der Waals surface area (Å²) < 4.78 is 26.8. The van der Waals surface area contributed by atoms with Crippen LogP contribution in [0.1, 0.15) is 6.92 Å². The lowest BCUT2D eigenvalue weighted by Gasteiger charge is -2.13. The number of benzene rings is 1. The summed E-state index contributed by atoms with van der Waals surface area (Å²) in [5, 5.41) is 0. The molecule has 0 saturated heterocycles. The van der Waals surface area contributed by atoms with Crippen LogP contribution >= 0.6 is 22.6 Å². The highest BCUT2D eigenvalue weighted by molar-refractivity contribution is 14.1. The maximum absolute atomic E-state index is 14.4. The minimum Gasteiger partial charge on any atom is -0.491 e. The van der Waals surface area contributed by atoms with E-state index in [0.29, 0.717) is 40.3 Å². The zero-order valence-corrected chi connectivity index (χ0v) is 14.6. The van der Waals surface area contributed by atoms with E-state index in [1.165, 1.54) is 6.07 Å². The largest absolute Gasteiger partial charge is 0.491 e. The van der Waals surface area contributed by atoms with Gasteiger partial charge in [0, 0.05) is 25.3 Å². The van der Waals surface area contributed by atoms with Gasteiger partial charge >= 0.3 is 0 Å². The van der Waals surface area contributed by atoms with Crippen molar-refractivity contribution in [3.05, 3.63) is 50.1 Å². The van der Waals surface area contributed by atoms with E-state index >= 15 is 0 Å². The van der Waals surface area contributed by atoms with Gasteiger partial charge in [-0.3, -0.25) is 4.79 Å². The summed E-state index contributed by atoms with van der Waals surface area (Å²) >= 11 is 1.98. The molecule has 0 unspecified atom stereocenters. The number of pyridine rings is 1. The van der Waals surface area contributed by atoms with Gasteiger partial charge in [0.05, 0.1) is 15.9 Å². The first-order valence-electron chi connectivity index (χ1n) is 6.89. The molecule has 0 atom stereocenters. The molecule has 0 bridgehead atoms. The van der Waals surface area contributed by atoms with E-state index in [0.717, 1.165) is 0 Å². The average Bonchev–Trinajstić information content (AvgIpc) is 2.51. The van der Waals surface area contributed by atoms with E-state index in [4.69, 9.17) is 9.47 Å². The van der Waals surface area contributed by atoms with Crippen LogP contribution in [-0.4, -0.2) is 24.9 Å². The molecule has 0 aliphatic carbocycles. The zero-order valence-electron chi connectivity index (χ0n) is 12.4. The normalized spacial score (nSPS) is 10.7. The summed E-state index contributed by atoms with van der Waals surface area (Å²) in [4.78, 5) is 12.1. The maximum Gasteiger partial charge on any atom is 0.264 e. The van der Waals surface area contributed by atoms with Crippen molar-refractivity contribution in [1.82, 2.24) is 4.57 Å². The second-order valence-electron chi connectivity index (χ2n) is 4.60. The lowest BCUT2D eigenvalue weighted by atomic mass is 10.1. The highest BCUT2D eigenvalue weighted by Gasteiger charge is 2.12. The van der Waals surface area contributed by atoms with Crippen LogP contribution < -0.4 is 10.3 Å². The number of methoxy groups -OCH3 is 1. The Bertz CT molecular complexity index is 715. The number of rotatable bonds is 6. The van der Waals surface area contributed by atoms with E-state index < -0.39 is 5.82 Å². The smallest absolute Gasteiger partial charge is 0.264 e. The Morgan fingerprint density at radius 1 is 1.23 bits per heavy atom. The van der Waals surface area contributed by atoms with Crippen molar-refractivity contribution >= 4 is 22.6 Å². The molecule has 4 nitrogen and oxygen atoms in total. The molecule has 0 N–H and O–H groups in total. The Morgan fingerprint density at radius 3 is 2.64 bits per heavy atom. The van der Waals surface area contributed by atoms with Crippen LogP contribution in [0.5, 0.6) is 5.75 Å². The lowest BCUT2D eigenvalue weighted by Crippen LogP contribution is -2.23. The summed E-state index contributed by atoms with van der Waals surface area (Å²) in [6, 6.07) is 8.11. The van der Waals surface area contributed by atoms with Gasteiger partial charge in [-0.2, -0.15) is 0 Å². The third-order valence-electron chi connectivity index (χ3n) is 3.22. The van der Waals surface area contributed by atoms with Crippen molar-refractivity contribution in [2.75, 3.05) is 20.3 Å². The number of ether oxygens (including phenoxy) is 2. The van der Waals surface area contributed by atoms with Crippen LogP contribution in [-0.2, 0) is 11.3 Å². The second-order valence-corrected chi connectivity index (χ2v) is 5.76. The number of halogens is 2. The fourth-order valence-electron chi connectivity index (χ4n) is 2.14. The van der Waals surface area contributed by atoms with Crippen LogP contribution in [0.3, 0.4) is 0 Å². The molecule has 22 heavy (non-hydrogen) atoms. The zero-order chi connectivity index (χ0) is 16.1. The summed E-state index contributed by atoms with van der Waals surface area (Å²) in [5.74, 6) is 0.0203. The summed E-state index contributed by atoms with van der Waals surface area (Å²) in [7, 11) is 1.58. The summed E-state index contributed by atoms with van der Waals surface area (Å²) in [6.07, 6.45) is 0. The molecule has 1 aromatic carbocycles. The number of nitrogens with zero attached hydrogens (tertiary/aromatic N) is 1. The minimum atomic E-state index is -0.419. The highest BCUT2D eigenvalue weighted by Crippen LogP contribution is 2.26.